The number of allylic oxidation sites excluding steroid dienone is 5. The minimum absolute atomic E-state index is 0.0667. The number of ether oxygens (including phenoxy) is 1. The molecule has 0 atom stereocenters. The van der Waals surface area contributed by atoms with Gasteiger partial charge < -0.3 is 9.84 Å². The number of amides is 2. The molecule has 0 aliphatic carbocycles. The first-order chi connectivity index (χ1) is 15.9. The van der Waals surface area contributed by atoms with Crippen LogP contribution in [-0.2, 0) is 0 Å². The molecular formula is C27H21NO5. The highest BCUT2D eigenvalue weighted by Gasteiger charge is 2.36. The SMILES string of the molecule is C=C/C=C\C(C(=O)c1ccc2c3c(ccc(OC)c13)C(=O)N(c1ccccc1)C2=O)=C(/C)O. The number of carbonyl (C=O) groups is 3. The molecule has 2 amide bonds. The zero-order valence-corrected chi connectivity index (χ0v) is 18.2. The van der Waals surface area contributed by atoms with Crippen molar-refractivity contribution in [2.75, 3.05) is 12.0 Å². The Balaban J connectivity index is 2.00. The predicted octanol–water partition coefficient (Wildman–Crippen LogP) is 5.41. The molecule has 1 aliphatic rings. The van der Waals surface area contributed by atoms with Crippen molar-refractivity contribution in [1.82, 2.24) is 0 Å². The highest BCUT2D eigenvalue weighted by molar-refractivity contribution is 6.37. The number of benzene rings is 3. The Hall–Kier alpha value is -4.45. The minimum atomic E-state index is -0.489. The molecule has 6 nitrogen and oxygen atoms in total. The molecule has 0 spiro atoms. The Morgan fingerprint density at radius 1 is 0.970 bits per heavy atom. The molecule has 1 heterocycles. The highest BCUT2D eigenvalue weighted by atomic mass is 16.5. The average Bonchev–Trinajstić information content (AvgIpc) is 2.82. The van der Waals surface area contributed by atoms with Crippen LogP contribution in [-0.4, -0.2) is 29.8 Å². The molecule has 0 bridgehead atoms. The van der Waals surface area contributed by atoms with E-state index in [1.54, 1.807) is 48.5 Å². The van der Waals surface area contributed by atoms with Gasteiger partial charge in [0.1, 0.15) is 11.5 Å². The quantitative estimate of drug-likeness (QED) is 0.183. The largest absolute Gasteiger partial charge is 0.512 e. The van der Waals surface area contributed by atoms with Crippen molar-refractivity contribution in [1.29, 1.82) is 0 Å². The van der Waals surface area contributed by atoms with E-state index in [-0.39, 0.29) is 28.0 Å². The van der Waals surface area contributed by atoms with Gasteiger partial charge >= 0.3 is 0 Å². The molecule has 0 saturated heterocycles. The van der Waals surface area contributed by atoms with E-state index in [1.807, 2.05) is 0 Å². The molecular weight excluding hydrogens is 418 g/mol. The van der Waals surface area contributed by atoms with Crippen molar-refractivity contribution in [3.05, 3.63) is 107 Å². The molecule has 33 heavy (non-hydrogen) atoms. The summed E-state index contributed by atoms with van der Waals surface area (Å²) in [6, 6.07) is 14.9. The number of hydrogen-bond donors (Lipinski definition) is 1. The summed E-state index contributed by atoms with van der Waals surface area (Å²) in [5.41, 5.74) is 1.30. The number of carbonyl (C=O) groups excluding carboxylic acids is 3. The van der Waals surface area contributed by atoms with E-state index < -0.39 is 17.6 Å². The minimum Gasteiger partial charge on any atom is -0.512 e. The Kier molecular flexibility index (Phi) is 5.67. The number of aliphatic hydroxyl groups excluding tert-OH is 1. The molecule has 0 fully saturated rings. The van der Waals surface area contributed by atoms with Crippen LogP contribution in [0.4, 0.5) is 5.69 Å². The lowest BCUT2D eigenvalue weighted by atomic mass is 9.87. The molecule has 0 aromatic heterocycles. The van der Waals surface area contributed by atoms with Crippen LogP contribution in [0.2, 0.25) is 0 Å². The summed E-state index contributed by atoms with van der Waals surface area (Å²) in [4.78, 5) is 41.3. The van der Waals surface area contributed by atoms with Crippen LogP contribution in [0.1, 0.15) is 38.0 Å². The number of methoxy groups -OCH3 is 1. The van der Waals surface area contributed by atoms with Gasteiger partial charge in [0.15, 0.2) is 5.78 Å². The van der Waals surface area contributed by atoms with Crippen molar-refractivity contribution in [2.45, 2.75) is 6.92 Å². The topological polar surface area (TPSA) is 83.9 Å². The van der Waals surface area contributed by atoms with Crippen LogP contribution in [0.25, 0.3) is 10.8 Å². The third kappa shape index (κ3) is 3.51. The van der Waals surface area contributed by atoms with Crippen molar-refractivity contribution in [3.63, 3.8) is 0 Å². The highest BCUT2D eigenvalue weighted by Crippen LogP contribution is 2.39. The van der Waals surface area contributed by atoms with Gasteiger partial charge in [0, 0.05) is 27.5 Å². The second kappa shape index (κ2) is 8.59. The lowest BCUT2D eigenvalue weighted by Crippen LogP contribution is -2.40. The van der Waals surface area contributed by atoms with Crippen molar-refractivity contribution < 1.29 is 24.2 Å². The maximum absolute atomic E-state index is 13.4. The number of anilines is 1. The zero-order chi connectivity index (χ0) is 23.7. The van der Waals surface area contributed by atoms with Crippen molar-refractivity contribution in [2.24, 2.45) is 0 Å². The van der Waals surface area contributed by atoms with Gasteiger partial charge in [0.25, 0.3) is 11.8 Å². The summed E-state index contributed by atoms with van der Waals surface area (Å²) >= 11 is 0. The van der Waals surface area contributed by atoms with Crippen LogP contribution in [0.3, 0.4) is 0 Å². The number of rotatable bonds is 6. The second-order valence-corrected chi connectivity index (χ2v) is 7.43. The lowest BCUT2D eigenvalue weighted by molar-refractivity contribution is 0.0892. The molecule has 1 N–H and O–H groups in total. The van der Waals surface area contributed by atoms with Gasteiger partial charge in [-0.05, 0) is 49.4 Å². The second-order valence-electron chi connectivity index (χ2n) is 7.43. The maximum atomic E-state index is 13.4. The van der Waals surface area contributed by atoms with E-state index in [1.165, 1.54) is 38.3 Å². The summed E-state index contributed by atoms with van der Waals surface area (Å²) in [5.74, 6) is -1.27. The summed E-state index contributed by atoms with van der Waals surface area (Å²) < 4.78 is 5.50. The Labute approximate surface area is 190 Å². The molecule has 6 heteroatoms. The standard InChI is InChI=1S/C27H21NO5/c1-4-5-11-18(16(2)29)25(30)19-12-13-20-23-21(14-15-22(33-3)24(19)23)27(32)28(26(20)31)17-9-7-6-8-10-17/h4-15,29H,1H2,2-3H3/b11-5-,18-16-. The number of nitrogens with zero attached hydrogens (tertiary/aromatic N) is 1. The average molecular weight is 439 g/mol. The van der Waals surface area contributed by atoms with E-state index in [0.717, 1.165) is 4.90 Å². The maximum Gasteiger partial charge on any atom is 0.265 e. The van der Waals surface area contributed by atoms with Crippen molar-refractivity contribution in [3.8, 4) is 5.75 Å². The number of hydrogen-bond acceptors (Lipinski definition) is 5. The molecule has 3 aromatic carbocycles. The zero-order valence-electron chi connectivity index (χ0n) is 18.2. The van der Waals surface area contributed by atoms with Crippen LogP contribution in [0, 0.1) is 0 Å². The number of ketones is 1. The summed E-state index contributed by atoms with van der Waals surface area (Å²) in [5, 5.41) is 10.8. The van der Waals surface area contributed by atoms with Gasteiger partial charge in [0.05, 0.1) is 18.4 Å². The van der Waals surface area contributed by atoms with Crippen LogP contribution < -0.4 is 9.64 Å². The van der Waals surface area contributed by atoms with Crippen LogP contribution in [0.5, 0.6) is 5.75 Å². The van der Waals surface area contributed by atoms with Crippen molar-refractivity contribution >= 4 is 34.1 Å². The molecule has 0 radical (unpaired) electrons. The molecule has 0 unspecified atom stereocenters. The lowest BCUT2D eigenvalue weighted by Gasteiger charge is -2.28. The molecule has 3 aromatic rings. The number of Topliss-reactive ketones (excluding diaryl/α,β-unsaturated/α-hetero) is 1. The summed E-state index contributed by atoms with van der Waals surface area (Å²) in [6.07, 6.45) is 4.49. The molecule has 4 rings (SSSR count). The fraction of sp³-hybridized carbons (Fsp3) is 0.0741. The Bertz CT molecular complexity index is 1360. The summed E-state index contributed by atoms with van der Waals surface area (Å²) in [6.45, 7) is 5.00. The molecule has 164 valence electrons. The van der Waals surface area contributed by atoms with Crippen LogP contribution >= 0.6 is 0 Å². The third-order valence-corrected chi connectivity index (χ3v) is 5.50. The fourth-order valence-corrected chi connectivity index (χ4v) is 3.99. The Morgan fingerprint density at radius 2 is 1.61 bits per heavy atom. The normalized spacial score (nSPS) is 13.9. The number of imide groups is 1. The Morgan fingerprint density at radius 3 is 2.18 bits per heavy atom. The third-order valence-electron chi connectivity index (χ3n) is 5.50. The fourth-order valence-electron chi connectivity index (χ4n) is 3.99. The first-order valence-corrected chi connectivity index (χ1v) is 10.2. The van der Waals surface area contributed by atoms with Crippen LogP contribution in [0.15, 0.2) is 90.7 Å². The first-order valence-electron chi connectivity index (χ1n) is 10.2. The number of para-hydroxylation sites is 1. The smallest absolute Gasteiger partial charge is 0.265 e. The molecule has 0 saturated carbocycles. The van der Waals surface area contributed by atoms with Gasteiger partial charge in [-0.3, -0.25) is 14.4 Å². The van der Waals surface area contributed by atoms with E-state index in [4.69, 9.17) is 4.74 Å². The van der Waals surface area contributed by atoms with Gasteiger partial charge in [-0.1, -0.05) is 36.9 Å². The van der Waals surface area contributed by atoms with E-state index in [9.17, 15) is 19.5 Å². The predicted molar refractivity (Wildman–Crippen MR) is 127 cm³/mol. The van der Waals surface area contributed by atoms with Gasteiger partial charge in [-0.25, -0.2) is 4.90 Å². The monoisotopic (exact) mass is 439 g/mol. The first kappa shape index (κ1) is 21.8. The van der Waals surface area contributed by atoms with Gasteiger partial charge in [-0.15, -0.1) is 0 Å². The molecule has 1 aliphatic heterocycles. The van der Waals surface area contributed by atoms with E-state index in [0.29, 0.717) is 22.2 Å². The number of aliphatic hydroxyl groups is 1. The van der Waals surface area contributed by atoms with Gasteiger partial charge in [-0.2, -0.15) is 0 Å². The summed E-state index contributed by atoms with van der Waals surface area (Å²) in [7, 11) is 1.45. The van der Waals surface area contributed by atoms with E-state index >= 15 is 0 Å². The van der Waals surface area contributed by atoms with E-state index in [2.05, 4.69) is 6.58 Å². The van der Waals surface area contributed by atoms with Gasteiger partial charge in [0.2, 0.25) is 0 Å².